The molecule has 5 nitrogen and oxygen atoms in total. The minimum atomic E-state index is -0.507. The van der Waals surface area contributed by atoms with Gasteiger partial charge in [0.15, 0.2) is 5.76 Å². The van der Waals surface area contributed by atoms with Crippen LogP contribution in [0.25, 0.3) is 0 Å². The number of benzene rings is 1. The quantitative estimate of drug-likeness (QED) is 0.948. The third-order valence-corrected chi connectivity index (χ3v) is 4.16. The fourth-order valence-corrected chi connectivity index (χ4v) is 3.27. The number of aryl methyl sites for hydroxylation is 3. The molecule has 0 spiro atoms. The standard InChI is InChI=1S/C18H20N2O3/c1-11-9-12(2)16(13(3)10-11)20-7-6-14(18(20)22)19-17(21)15-5-4-8-23-15/h4-5,8-10,14H,6-7H2,1-3H3,(H,19,21)/t14-/m1/s1. The molecule has 1 saturated heterocycles. The zero-order valence-electron chi connectivity index (χ0n) is 13.6. The summed E-state index contributed by atoms with van der Waals surface area (Å²) < 4.78 is 5.07. The molecule has 120 valence electrons. The zero-order chi connectivity index (χ0) is 16.6. The molecule has 1 N–H and O–H groups in total. The van der Waals surface area contributed by atoms with E-state index in [0.29, 0.717) is 13.0 Å². The summed E-state index contributed by atoms with van der Waals surface area (Å²) in [5, 5.41) is 2.76. The molecule has 0 unspecified atom stereocenters. The first-order valence-corrected chi connectivity index (χ1v) is 7.71. The lowest BCUT2D eigenvalue weighted by Crippen LogP contribution is -2.41. The first-order valence-electron chi connectivity index (χ1n) is 7.71. The molecule has 1 aromatic carbocycles. The fourth-order valence-electron chi connectivity index (χ4n) is 3.27. The molecule has 1 atom stereocenters. The van der Waals surface area contributed by atoms with Crippen molar-refractivity contribution in [3.05, 3.63) is 53.0 Å². The van der Waals surface area contributed by atoms with Crippen LogP contribution in [0.2, 0.25) is 0 Å². The topological polar surface area (TPSA) is 62.6 Å². The second-order valence-corrected chi connectivity index (χ2v) is 6.03. The van der Waals surface area contributed by atoms with Crippen molar-refractivity contribution in [1.82, 2.24) is 5.32 Å². The van der Waals surface area contributed by atoms with Crippen molar-refractivity contribution < 1.29 is 14.0 Å². The summed E-state index contributed by atoms with van der Waals surface area (Å²) in [6.07, 6.45) is 2.04. The number of hydrogen-bond acceptors (Lipinski definition) is 3. The molecule has 0 bridgehead atoms. The van der Waals surface area contributed by atoms with Crippen molar-refractivity contribution in [3.8, 4) is 0 Å². The molecule has 1 aromatic heterocycles. The lowest BCUT2D eigenvalue weighted by atomic mass is 10.0. The number of carbonyl (C=O) groups is 2. The average molecular weight is 312 g/mol. The largest absolute Gasteiger partial charge is 0.459 e. The monoisotopic (exact) mass is 312 g/mol. The molecule has 5 heteroatoms. The van der Waals surface area contributed by atoms with Crippen LogP contribution in [0.4, 0.5) is 5.69 Å². The molecular weight excluding hydrogens is 292 g/mol. The van der Waals surface area contributed by atoms with Crippen LogP contribution < -0.4 is 10.2 Å². The van der Waals surface area contributed by atoms with Gasteiger partial charge in [-0.25, -0.2) is 0 Å². The third-order valence-electron chi connectivity index (χ3n) is 4.16. The van der Waals surface area contributed by atoms with Crippen LogP contribution in [0.3, 0.4) is 0 Å². The molecule has 0 aliphatic carbocycles. The highest BCUT2D eigenvalue weighted by molar-refractivity contribution is 6.04. The summed E-state index contributed by atoms with van der Waals surface area (Å²) in [6.45, 7) is 6.67. The predicted octanol–water partition coefficient (Wildman–Crippen LogP) is 2.74. The number of rotatable bonds is 3. The Bertz CT molecular complexity index is 727. The molecule has 2 amide bonds. The number of anilines is 1. The molecule has 3 rings (SSSR count). The van der Waals surface area contributed by atoms with E-state index >= 15 is 0 Å². The van der Waals surface area contributed by atoms with Crippen molar-refractivity contribution >= 4 is 17.5 Å². The van der Waals surface area contributed by atoms with Gasteiger partial charge in [0.1, 0.15) is 6.04 Å². The molecule has 1 aliphatic rings. The average Bonchev–Trinajstić information content (AvgIpc) is 3.11. The van der Waals surface area contributed by atoms with Crippen molar-refractivity contribution in [1.29, 1.82) is 0 Å². The Hall–Kier alpha value is -2.56. The highest BCUT2D eigenvalue weighted by atomic mass is 16.3. The van der Waals surface area contributed by atoms with Gasteiger partial charge in [-0.1, -0.05) is 17.7 Å². The molecular formula is C18H20N2O3. The van der Waals surface area contributed by atoms with Gasteiger partial charge in [0.05, 0.1) is 6.26 Å². The summed E-state index contributed by atoms with van der Waals surface area (Å²) in [6, 6.07) is 6.87. The molecule has 1 aliphatic heterocycles. The summed E-state index contributed by atoms with van der Waals surface area (Å²) in [4.78, 5) is 26.5. The van der Waals surface area contributed by atoms with Crippen LogP contribution >= 0.6 is 0 Å². The smallest absolute Gasteiger partial charge is 0.287 e. The van der Waals surface area contributed by atoms with Gasteiger partial charge in [-0.05, 0) is 50.5 Å². The first-order chi connectivity index (χ1) is 11.0. The lowest BCUT2D eigenvalue weighted by molar-refractivity contribution is -0.118. The second-order valence-electron chi connectivity index (χ2n) is 6.03. The Morgan fingerprint density at radius 1 is 1.26 bits per heavy atom. The number of furan rings is 1. The maximum Gasteiger partial charge on any atom is 0.287 e. The maximum atomic E-state index is 12.7. The normalized spacial score (nSPS) is 17.6. The van der Waals surface area contributed by atoms with Crippen LogP contribution in [0.5, 0.6) is 0 Å². The Kier molecular flexibility index (Phi) is 3.94. The van der Waals surface area contributed by atoms with Crippen molar-refractivity contribution in [2.24, 2.45) is 0 Å². The van der Waals surface area contributed by atoms with E-state index in [1.807, 2.05) is 20.8 Å². The molecule has 2 heterocycles. The van der Waals surface area contributed by atoms with E-state index in [1.165, 1.54) is 11.8 Å². The molecule has 0 radical (unpaired) electrons. The lowest BCUT2D eigenvalue weighted by Gasteiger charge is -2.22. The van der Waals surface area contributed by atoms with Gasteiger partial charge < -0.3 is 14.6 Å². The van der Waals surface area contributed by atoms with Crippen LogP contribution in [-0.4, -0.2) is 24.4 Å². The third kappa shape index (κ3) is 2.86. The van der Waals surface area contributed by atoms with Crippen LogP contribution in [0, 0.1) is 20.8 Å². The second kappa shape index (κ2) is 5.91. The molecule has 2 aromatic rings. The Balaban J connectivity index is 1.78. The van der Waals surface area contributed by atoms with Gasteiger partial charge in [-0.15, -0.1) is 0 Å². The number of nitrogens with one attached hydrogen (secondary N) is 1. The molecule has 23 heavy (non-hydrogen) atoms. The zero-order valence-corrected chi connectivity index (χ0v) is 13.6. The Labute approximate surface area is 135 Å². The Morgan fingerprint density at radius 2 is 1.96 bits per heavy atom. The van der Waals surface area contributed by atoms with Gasteiger partial charge in [0.25, 0.3) is 5.91 Å². The highest BCUT2D eigenvalue weighted by Gasteiger charge is 2.35. The van der Waals surface area contributed by atoms with E-state index in [2.05, 4.69) is 17.4 Å². The number of hydrogen-bond donors (Lipinski definition) is 1. The van der Waals surface area contributed by atoms with E-state index < -0.39 is 6.04 Å². The van der Waals surface area contributed by atoms with E-state index in [1.54, 1.807) is 17.0 Å². The minimum Gasteiger partial charge on any atom is -0.459 e. The van der Waals surface area contributed by atoms with Crippen LogP contribution in [-0.2, 0) is 4.79 Å². The number of carbonyl (C=O) groups excluding carboxylic acids is 2. The van der Waals surface area contributed by atoms with E-state index in [-0.39, 0.29) is 17.6 Å². The predicted molar refractivity (Wildman–Crippen MR) is 87.6 cm³/mol. The Morgan fingerprint density at radius 3 is 2.57 bits per heavy atom. The first kappa shape index (κ1) is 15.3. The van der Waals surface area contributed by atoms with Gasteiger partial charge in [-0.3, -0.25) is 9.59 Å². The summed E-state index contributed by atoms with van der Waals surface area (Å²) in [7, 11) is 0. The molecule has 1 fully saturated rings. The summed E-state index contributed by atoms with van der Waals surface area (Å²) in [5.74, 6) is -0.202. The van der Waals surface area contributed by atoms with Gasteiger partial charge in [0.2, 0.25) is 5.91 Å². The minimum absolute atomic E-state index is 0.0695. The van der Waals surface area contributed by atoms with Gasteiger partial charge in [-0.2, -0.15) is 0 Å². The SMILES string of the molecule is Cc1cc(C)c(N2CC[C@@H](NC(=O)c3ccco3)C2=O)c(C)c1. The summed E-state index contributed by atoms with van der Waals surface area (Å²) in [5.41, 5.74) is 4.29. The molecule has 0 saturated carbocycles. The number of nitrogens with zero attached hydrogens (tertiary/aromatic N) is 1. The number of amides is 2. The fraction of sp³-hybridized carbons (Fsp3) is 0.333. The van der Waals surface area contributed by atoms with Gasteiger partial charge in [0, 0.05) is 12.2 Å². The van der Waals surface area contributed by atoms with Crippen molar-refractivity contribution in [2.75, 3.05) is 11.4 Å². The van der Waals surface area contributed by atoms with E-state index in [9.17, 15) is 9.59 Å². The van der Waals surface area contributed by atoms with E-state index in [0.717, 1.165) is 16.8 Å². The maximum absolute atomic E-state index is 12.7. The van der Waals surface area contributed by atoms with Crippen molar-refractivity contribution in [2.45, 2.75) is 33.2 Å². The highest BCUT2D eigenvalue weighted by Crippen LogP contribution is 2.30. The van der Waals surface area contributed by atoms with E-state index in [4.69, 9.17) is 4.42 Å². The van der Waals surface area contributed by atoms with Crippen LogP contribution in [0.1, 0.15) is 33.7 Å². The summed E-state index contributed by atoms with van der Waals surface area (Å²) >= 11 is 0. The van der Waals surface area contributed by atoms with Crippen molar-refractivity contribution in [3.63, 3.8) is 0 Å². The van der Waals surface area contributed by atoms with Gasteiger partial charge >= 0.3 is 0 Å². The van der Waals surface area contributed by atoms with Crippen LogP contribution in [0.15, 0.2) is 34.9 Å².